The number of halogens is 1. The molecule has 0 radical (unpaired) electrons. The summed E-state index contributed by atoms with van der Waals surface area (Å²) >= 11 is 5.61. The third-order valence-corrected chi connectivity index (χ3v) is 1.77. The Labute approximate surface area is 86.5 Å². The summed E-state index contributed by atoms with van der Waals surface area (Å²) in [4.78, 5) is 14.5. The quantitative estimate of drug-likeness (QED) is 0.784. The third kappa shape index (κ3) is 2.60. The van der Waals surface area contributed by atoms with Crippen molar-refractivity contribution in [3.63, 3.8) is 0 Å². The summed E-state index contributed by atoms with van der Waals surface area (Å²) in [6.45, 7) is 2.88. The SMILES string of the molecule is CC(C)(Oc1cccc(Cl)n1)C(=O)O. The molecule has 0 aliphatic carbocycles. The minimum absolute atomic E-state index is 0.199. The molecular weight excluding hydrogens is 206 g/mol. The number of hydrogen-bond acceptors (Lipinski definition) is 3. The van der Waals surface area contributed by atoms with Gasteiger partial charge in [0.05, 0.1) is 0 Å². The highest BCUT2D eigenvalue weighted by atomic mass is 35.5. The second kappa shape index (κ2) is 3.84. The van der Waals surface area contributed by atoms with Crippen LogP contribution in [0.2, 0.25) is 5.15 Å². The van der Waals surface area contributed by atoms with Gasteiger partial charge in [0.15, 0.2) is 0 Å². The summed E-state index contributed by atoms with van der Waals surface area (Å²) in [6.07, 6.45) is 0. The predicted molar refractivity (Wildman–Crippen MR) is 51.6 cm³/mol. The summed E-state index contributed by atoms with van der Waals surface area (Å²) in [5, 5.41) is 9.05. The van der Waals surface area contributed by atoms with Crippen molar-refractivity contribution in [2.45, 2.75) is 19.4 Å². The van der Waals surface area contributed by atoms with E-state index in [1.54, 1.807) is 18.2 Å². The Balaban J connectivity index is 2.83. The average Bonchev–Trinajstić information content (AvgIpc) is 2.02. The summed E-state index contributed by atoms with van der Waals surface area (Å²) < 4.78 is 5.15. The Morgan fingerprint density at radius 2 is 2.21 bits per heavy atom. The number of aromatic nitrogens is 1. The number of pyridine rings is 1. The molecule has 14 heavy (non-hydrogen) atoms. The van der Waals surface area contributed by atoms with Gasteiger partial charge in [-0.05, 0) is 19.9 Å². The molecule has 1 rings (SSSR count). The highest BCUT2D eigenvalue weighted by Crippen LogP contribution is 2.17. The molecule has 5 heteroatoms. The Bertz CT molecular complexity index is 352. The van der Waals surface area contributed by atoms with Crippen LogP contribution in [0, 0.1) is 0 Å². The number of nitrogens with zero attached hydrogens (tertiary/aromatic N) is 1. The Morgan fingerprint density at radius 1 is 1.57 bits per heavy atom. The second-order valence-electron chi connectivity index (χ2n) is 3.22. The van der Waals surface area contributed by atoms with Gasteiger partial charge in [0.25, 0.3) is 0 Å². The first kappa shape index (κ1) is 10.8. The molecule has 4 nitrogen and oxygen atoms in total. The fourth-order valence-electron chi connectivity index (χ4n) is 0.752. The number of carbonyl (C=O) groups is 1. The lowest BCUT2D eigenvalue weighted by atomic mass is 10.1. The molecule has 0 saturated carbocycles. The molecule has 0 aliphatic heterocycles. The number of hydrogen-bond donors (Lipinski definition) is 1. The molecule has 0 bridgehead atoms. The standard InChI is InChI=1S/C9H10ClNO3/c1-9(2,8(12)13)14-7-5-3-4-6(10)11-7/h3-5H,1-2H3,(H,12,13). The van der Waals surface area contributed by atoms with Crippen LogP contribution >= 0.6 is 11.6 Å². The Hall–Kier alpha value is -1.29. The van der Waals surface area contributed by atoms with Crippen LogP contribution in [0.5, 0.6) is 5.88 Å². The van der Waals surface area contributed by atoms with Crippen molar-refractivity contribution in [2.75, 3.05) is 0 Å². The van der Waals surface area contributed by atoms with Gasteiger partial charge in [-0.2, -0.15) is 0 Å². The van der Waals surface area contributed by atoms with Gasteiger partial charge < -0.3 is 9.84 Å². The van der Waals surface area contributed by atoms with Crippen LogP contribution in [-0.4, -0.2) is 21.7 Å². The Morgan fingerprint density at radius 3 is 2.71 bits per heavy atom. The van der Waals surface area contributed by atoms with Crippen LogP contribution < -0.4 is 4.74 Å². The molecule has 1 aromatic heterocycles. The minimum atomic E-state index is -1.31. The van der Waals surface area contributed by atoms with E-state index in [4.69, 9.17) is 21.4 Å². The number of rotatable bonds is 3. The van der Waals surface area contributed by atoms with E-state index < -0.39 is 11.6 Å². The van der Waals surface area contributed by atoms with Gasteiger partial charge in [0, 0.05) is 6.07 Å². The van der Waals surface area contributed by atoms with Crippen LogP contribution in [0.4, 0.5) is 0 Å². The molecule has 0 spiro atoms. The zero-order valence-electron chi connectivity index (χ0n) is 7.82. The monoisotopic (exact) mass is 215 g/mol. The van der Waals surface area contributed by atoms with Gasteiger partial charge in [-0.1, -0.05) is 17.7 Å². The van der Waals surface area contributed by atoms with Crippen LogP contribution in [0.25, 0.3) is 0 Å². The largest absolute Gasteiger partial charge is 0.478 e. The van der Waals surface area contributed by atoms with E-state index >= 15 is 0 Å². The van der Waals surface area contributed by atoms with Gasteiger partial charge in [0.2, 0.25) is 11.5 Å². The van der Waals surface area contributed by atoms with Crippen LogP contribution in [-0.2, 0) is 4.79 Å². The van der Waals surface area contributed by atoms with Crippen molar-refractivity contribution in [3.05, 3.63) is 23.4 Å². The van der Waals surface area contributed by atoms with E-state index in [-0.39, 0.29) is 11.0 Å². The first-order valence-electron chi connectivity index (χ1n) is 3.97. The zero-order valence-corrected chi connectivity index (χ0v) is 8.58. The van der Waals surface area contributed by atoms with E-state index in [1.807, 2.05) is 0 Å². The van der Waals surface area contributed by atoms with Crippen molar-refractivity contribution in [2.24, 2.45) is 0 Å². The van der Waals surface area contributed by atoms with Crippen molar-refractivity contribution < 1.29 is 14.6 Å². The molecule has 76 valence electrons. The third-order valence-electron chi connectivity index (χ3n) is 1.56. The van der Waals surface area contributed by atoms with E-state index in [1.165, 1.54) is 13.8 Å². The lowest BCUT2D eigenvalue weighted by Gasteiger charge is -2.20. The molecule has 1 N–H and O–H groups in total. The summed E-state index contributed by atoms with van der Waals surface area (Å²) in [5.74, 6) is -0.857. The van der Waals surface area contributed by atoms with E-state index in [0.717, 1.165) is 0 Å². The molecule has 0 fully saturated rings. The maximum absolute atomic E-state index is 10.7. The molecule has 1 heterocycles. The summed E-state index contributed by atoms with van der Waals surface area (Å²) in [6, 6.07) is 4.78. The maximum Gasteiger partial charge on any atom is 0.347 e. The maximum atomic E-state index is 10.7. The molecule has 0 aliphatic rings. The first-order valence-corrected chi connectivity index (χ1v) is 4.34. The van der Waals surface area contributed by atoms with Crippen molar-refractivity contribution >= 4 is 17.6 Å². The number of ether oxygens (including phenoxy) is 1. The lowest BCUT2D eigenvalue weighted by Crippen LogP contribution is -2.38. The van der Waals surface area contributed by atoms with Crippen molar-refractivity contribution in [1.29, 1.82) is 0 Å². The molecule has 1 aromatic rings. The fourth-order valence-corrected chi connectivity index (χ4v) is 0.908. The molecule has 0 amide bonds. The molecule has 0 unspecified atom stereocenters. The highest BCUT2D eigenvalue weighted by molar-refractivity contribution is 6.29. The summed E-state index contributed by atoms with van der Waals surface area (Å²) in [7, 11) is 0. The van der Waals surface area contributed by atoms with E-state index in [2.05, 4.69) is 4.98 Å². The average molecular weight is 216 g/mol. The minimum Gasteiger partial charge on any atom is -0.478 e. The predicted octanol–water partition coefficient (Wildman–Crippen LogP) is 1.98. The van der Waals surface area contributed by atoms with Gasteiger partial charge in [0.1, 0.15) is 5.15 Å². The Kier molecular flexibility index (Phi) is 2.96. The van der Waals surface area contributed by atoms with Gasteiger partial charge in [-0.3, -0.25) is 0 Å². The van der Waals surface area contributed by atoms with Crippen molar-refractivity contribution in [3.8, 4) is 5.88 Å². The van der Waals surface area contributed by atoms with Gasteiger partial charge >= 0.3 is 5.97 Å². The van der Waals surface area contributed by atoms with Crippen LogP contribution in [0.3, 0.4) is 0 Å². The second-order valence-corrected chi connectivity index (χ2v) is 3.60. The normalized spacial score (nSPS) is 11.1. The van der Waals surface area contributed by atoms with E-state index in [0.29, 0.717) is 0 Å². The van der Waals surface area contributed by atoms with E-state index in [9.17, 15) is 4.79 Å². The smallest absolute Gasteiger partial charge is 0.347 e. The molecule has 0 atom stereocenters. The summed E-state index contributed by atoms with van der Waals surface area (Å²) in [5.41, 5.74) is -1.31. The van der Waals surface area contributed by atoms with Crippen molar-refractivity contribution in [1.82, 2.24) is 4.98 Å². The highest BCUT2D eigenvalue weighted by Gasteiger charge is 2.29. The zero-order chi connectivity index (χ0) is 10.8. The van der Waals surface area contributed by atoms with Crippen LogP contribution in [0.15, 0.2) is 18.2 Å². The number of aliphatic carboxylic acids is 1. The molecule has 0 saturated heterocycles. The van der Waals surface area contributed by atoms with Gasteiger partial charge in [-0.25, -0.2) is 9.78 Å². The fraction of sp³-hybridized carbons (Fsp3) is 0.333. The number of carboxylic acids is 1. The number of carboxylic acid groups (broad SMARTS) is 1. The molecular formula is C9H10ClNO3. The molecule has 0 aromatic carbocycles. The lowest BCUT2D eigenvalue weighted by molar-refractivity contribution is -0.152. The topological polar surface area (TPSA) is 59.4 Å². The van der Waals surface area contributed by atoms with Crippen LogP contribution in [0.1, 0.15) is 13.8 Å². The van der Waals surface area contributed by atoms with Gasteiger partial charge in [-0.15, -0.1) is 0 Å². The first-order chi connectivity index (χ1) is 6.42.